The Hall–Kier alpha value is -2.69. The Morgan fingerprint density at radius 2 is 1.72 bits per heavy atom. The molecule has 0 fully saturated rings. The molecule has 0 aromatic heterocycles. The summed E-state index contributed by atoms with van der Waals surface area (Å²) in [5.41, 5.74) is 9.86. The molecule has 1 aliphatic rings. The van der Waals surface area contributed by atoms with Gasteiger partial charge in [-0.1, -0.05) is 31.2 Å². The van der Waals surface area contributed by atoms with Crippen molar-refractivity contribution in [2.45, 2.75) is 19.8 Å². The number of rotatable bonds is 5. The summed E-state index contributed by atoms with van der Waals surface area (Å²) in [4.78, 5) is 4.57. The minimum atomic E-state index is 0.119. The minimum Gasteiger partial charge on any atom is -0.493 e. The van der Waals surface area contributed by atoms with Gasteiger partial charge in [-0.2, -0.15) is 0 Å². The zero-order chi connectivity index (χ0) is 17.9. The number of methoxy groups -OCH3 is 2. The number of nitrogens with one attached hydrogen (secondary N) is 1. The maximum atomic E-state index is 6.08. The lowest BCUT2D eigenvalue weighted by atomic mass is 9.87. The van der Waals surface area contributed by atoms with Gasteiger partial charge in [-0.15, -0.1) is 0 Å². The number of benzene rings is 2. The average Bonchev–Trinajstić information content (AvgIpc) is 2.96. The number of nitrogens with two attached hydrogens (primary N) is 1. The van der Waals surface area contributed by atoms with E-state index in [-0.39, 0.29) is 5.41 Å². The Kier molecular flexibility index (Phi) is 4.83. The van der Waals surface area contributed by atoms with Gasteiger partial charge in [0.1, 0.15) is 0 Å². The Morgan fingerprint density at radius 3 is 2.32 bits per heavy atom. The van der Waals surface area contributed by atoms with Gasteiger partial charge in [0, 0.05) is 18.3 Å². The first-order valence-electron chi connectivity index (χ1n) is 8.39. The Bertz CT molecular complexity index is 761. The summed E-state index contributed by atoms with van der Waals surface area (Å²) in [6, 6.07) is 14.2. The highest BCUT2D eigenvalue weighted by Crippen LogP contribution is 2.36. The molecule has 0 aliphatic heterocycles. The van der Waals surface area contributed by atoms with E-state index >= 15 is 0 Å². The van der Waals surface area contributed by atoms with Gasteiger partial charge in [0.25, 0.3) is 0 Å². The van der Waals surface area contributed by atoms with E-state index in [1.807, 2.05) is 18.2 Å². The van der Waals surface area contributed by atoms with Crippen molar-refractivity contribution in [3.05, 3.63) is 53.6 Å². The number of hydrogen-bond acceptors (Lipinski definition) is 3. The van der Waals surface area contributed by atoms with Crippen LogP contribution in [0.3, 0.4) is 0 Å². The smallest absolute Gasteiger partial charge is 0.193 e. The van der Waals surface area contributed by atoms with Crippen LogP contribution in [0.25, 0.3) is 0 Å². The minimum absolute atomic E-state index is 0.119. The largest absolute Gasteiger partial charge is 0.493 e. The number of nitrogens with zero attached hydrogens (tertiary/aromatic N) is 1. The summed E-state index contributed by atoms with van der Waals surface area (Å²) in [7, 11) is 3.22. The van der Waals surface area contributed by atoms with Crippen molar-refractivity contribution in [2.75, 3.05) is 26.1 Å². The van der Waals surface area contributed by atoms with Gasteiger partial charge in [0.15, 0.2) is 17.5 Å². The number of aliphatic imine (C=N–C) groups is 1. The third-order valence-electron chi connectivity index (χ3n) is 4.64. The highest BCUT2D eigenvalue weighted by Gasteiger charge is 2.32. The number of fused-ring (bicyclic) bond motifs is 1. The van der Waals surface area contributed by atoms with E-state index in [9.17, 15) is 0 Å². The molecule has 5 heteroatoms. The molecule has 0 saturated carbocycles. The van der Waals surface area contributed by atoms with Gasteiger partial charge in [0.05, 0.1) is 14.2 Å². The highest BCUT2D eigenvalue weighted by molar-refractivity contribution is 5.92. The fourth-order valence-corrected chi connectivity index (χ4v) is 3.37. The molecule has 1 aliphatic carbocycles. The number of guanidine groups is 1. The Balaban J connectivity index is 1.65. The fraction of sp³-hybridized carbons (Fsp3) is 0.350. The molecule has 3 rings (SSSR count). The third kappa shape index (κ3) is 3.87. The third-order valence-corrected chi connectivity index (χ3v) is 4.64. The summed E-state index contributed by atoms with van der Waals surface area (Å²) in [6.07, 6.45) is 2.08. The van der Waals surface area contributed by atoms with E-state index in [4.69, 9.17) is 15.2 Å². The quantitative estimate of drug-likeness (QED) is 0.648. The van der Waals surface area contributed by atoms with Gasteiger partial charge in [-0.3, -0.25) is 4.99 Å². The van der Waals surface area contributed by atoms with Crippen molar-refractivity contribution >= 4 is 11.6 Å². The molecule has 2 aromatic rings. The molecular weight excluding hydrogens is 314 g/mol. The van der Waals surface area contributed by atoms with Crippen LogP contribution in [0.15, 0.2) is 47.5 Å². The lowest BCUT2D eigenvalue weighted by Gasteiger charge is -2.21. The molecule has 132 valence electrons. The number of anilines is 1. The van der Waals surface area contributed by atoms with Crippen molar-refractivity contribution in [1.29, 1.82) is 0 Å². The van der Waals surface area contributed by atoms with Gasteiger partial charge < -0.3 is 20.5 Å². The van der Waals surface area contributed by atoms with Crippen LogP contribution in [0, 0.1) is 5.41 Å². The average molecular weight is 339 g/mol. The Labute approximate surface area is 148 Å². The molecule has 0 unspecified atom stereocenters. The SMILES string of the molecule is COc1ccc(NC(N)=NCC2(C)Cc3ccccc3C2)cc1OC. The van der Waals surface area contributed by atoms with Crippen molar-refractivity contribution in [2.24, 2.45) is 16.1 Å². The molecule has 0 atom stereocenters. The second kappa shape index (κ2) is 7.05. The van der Waals surface area contributed by atoms with Crippen LogP contribution in [0.5, 0.6) is 11.5 Å². The molecule has 0 bridgehead atoms. The zero-order valence-electron chi connectivity index (χ0n) is 15.0. The zero-order valence-corrected chi connectivity index (χ0v) is 15.0. The van der Waals surface area contributed by atoms with E-state index in [0.717, 1.165) is 18.5 Å². The van der Waals surface area contributed by atoms with Crippen LogP contribution >= 0.6 is 0 Å². The summed E-state index contributed by atoms with van der Waals surface area (Å²) in [5, 5.41) is 3.12. The number of ether oxygens (including phenoxy) is 2. The van der Waals surface area contributed by atoms with Gasteiger partial charge in [-0.05, 0) is 41.5 Å². The van der Waals surface area contributed by atoms with E-state index in [1.54, 1.807) is 14.2 Å². The molecule has 0 spiro atoms. The summed E-state index contributed by atoms with van der Waals surface area (Å²) >= 11 is 0. The summed E-state index contributed by atoms with van der Waals surface area (Å²) in [6.45, 7) is 2.95. The maximum absolute atomic E-state index is 6.08. The van der Waals surface area contributed by atoms with E-state index in [1.165, 1.54) is 11.1 Å². The van der Waals surface area contributed by atoms with Gasteiger partial charge in [0.2, 0.25) is 0 Å². The molecule has 2 aromatic carbocycles. The molecular formula is C20H25N3O2. The Morgan fingerprint density at radius 1 is 1.08 bits per heavy atom. The van der Waals surface area contributed by atoms with Crippen molar-refractivity contribution in [3.63, 3.8) is 0 Å². The molecule has 3 N–H and O–H groups in total. The molecule has 25 heavy (non-hydrogen) atoms. The standard InChI is InChI=1S/C20H25N3O2/c1-20(11-14-6-4-5-7-15(14)12-20)13-22-19(21)23-16-8-9-17(24-2)18(10-16)25-3/h4-10H,11-13H2,1-3H3,(H3,21,22,23). The second-order valence-electron chi connectivity index (χ2n) is 6.83. The van der Waals surface area contributed by atoms with Crippen LogP contribution in [-0.2, 0) is 12.8 Å². The van der Waals surface area contributed by atoms with Crippen molar-refractivity contribution in [3.8, 4) is 11.5 Å². The first-order valence-corrected chi connectivity index (χ1v) is 8.39. The second-order valence-corrected chi connectivity index (χ2v) is 6.83. The molecule has 0 saturated heterocycles. The summed E-state index contributed by atoms with van der Waals surface area (Å²) in [5.74, 6) is 1.74. The highest BCUT2D eigenvalue weighted by atomic mass is 16.5. The molecule has 0 amide bonds. The predicted octanol–water partition coefficient (Wildman–Crippen LogP) is 3.24. The normalized spacial score (nSPS) is 15.6. The van der Waals surface area contributed by atoms with Crippen LogP contribution in [-0.4, -0.2) is 26.7 Å². The van der Waals surface area contributed by atoms with E-state index < -0.39 is 0 Å². The van der Waals surface area contributed by atoms with Gasteiger partial charge >= 0.3 is 0 Å². The van der Waals surface area contributed by atoms with Crippen LogP contribution in [0.1, 0.15) is 18.1 Å². The topological polar surface area (TPSA) is 68.9 Å². The van der Waals surface area contributed by atoms with Crippen LogP contribution in [0.4, 0.5) is 5.69 Å². The van der Waals surface area contributed by atoms with E-state index in [0.29, 0.717) is 24.0 Å². The monoisotopic (exact) mass is 339 g/mol. The predicted molar refractivity (Wildman–Crippen MR) is 102 cm³/mol. The van der Waals surface area contributed by atoms with Crippen LogP contribution in [0.2, 0.25) is 0 Å². The fourth-order valence-electron chi connectivity index (χ4n) is 3.37. The first-order chi connectivity index (χ1) is 12.0. The van der Waals surface area contributed by atoms with Crippen molar-refractivity contribution < 1.29 is 9.47 Å². The molecule has 0 radical (unpaired) electrons. The first kappa shape index (κ1) is 17.1. The van der Waals surface area contributed by atoms with Gasteiger partial charge in [-0.25, -0.2) is 0 Å². The lowest BCUT2D eigenvalue weighted by molar-refractivity contribution is 0.355. The van der Waals surface area contributed by atoms with Crippen molar-refractivity contribution in [1.82, 2.24) is 0 Å². The molecule has 0 heterocycles. The lowest BCUT2D eigenvalue weighted by Crippen LogP contribution is -2.27. The molecule has 5 nitrogen and oxygen atoms in total. The number of hydrogen-bond donors (Lipinski definition) is 2. The maximum Gasteiger partial charge on any atom is 0.193 e. The summed E-state index contributed by atoms with van der Waals surface area (Å²) < 4.78 is 10.5. The van der Waals surface area contributed by atoms with E-state index in [2.05, 4.69) is 41.5 Å². The van der Waals surface area contributed by atoms with Crippen LogP contribution < -0.4 is 20.5 Å².